The summed E-state index contributed by atoms with van der Waals surface area (Å²) in [6.07, 6.45) is 2.35. The number of alkyl halides is 1. The molecular weight excluding hydrogens is 340 g/mol. The monoisotopic (exact) mass is 357 g/mol. The highest BCUT2D eigenvalue weighted by atomic mass is 19.1. The van der Waals surface area contributed by atoms with Crippen LogP contribution in [0.25, 0.3) is 11.0 Å². The van der Waals surface area contributed by atoms with Gasteiger partial charge in [0.2, 0.25) is 0 Å². The number of halogens is 2. The Hall–Kier alpha value is -3.09. The van der Waals surface area contributed by atoms with E-state index >= 15 is 0 Å². The first-order chi connectivity index (χ1) is 12.6. The van der Waals surface area contributed by atoms with Crippen LogP contribution in [-0.2, 0) is 6.54 Å². The van der Waals surface area contributed by atoms with Gasteiger partial charge in [0.15, 0.2) is 0 Å². The number of nitrogens with zero attached hydrogens (tertiary/aromatic N) is 2. The lowest BCUT2D eigenvalue weighted by Crippen LogP contribution is -2.30. The number of rotatable bonds is 6. The number of hydrogen-bond donors (Lipinski definition) is 1. The topological polar surface area (TPSA) is 64.0 Å². The minimum absolute atomic E-state index is 0.0462. The predicted octanol–water partition coefficient (Wildman–Crippen LogP) is 3.54. The van der Waals surface area contributed by atoms with Gasteiger partial charge in [0.05, 0.1) is 6.67 Å². The summed E-state index contributed by atoms with van der Waals surface area (Å²) in [5, 5.41) is 3.22. The number of aryl methyl sites for hydroxylation is 1. The van der Waals surface area contributed by atoms with Crippen LogP contribution in [0.1, 0.15) is 23.2 Å². The Balaban J connectivity index is 1.99. The van der Waals surface area contributed by atoms with E-state index in [1.165, 1.54) is 34.9 Å². The molecule has 0 spiro atoms. The van der Waals surface area contributed by atoms with Gasteiger partial charge in [-0.2, -0.15) is 0 Å². The van der Waals surface area contributed by atoms with Crippen LogP contribution in [0, 0.1) is 5.82 Å². The molecule has 5 nitrogen and oxygen atoms in total. The summed E-state index contributed by atoms with van der Waals surface area (Å²) in [7, 11) is 0. The Bertz CT molecular complexity index is 984. The van der Waals surface area contributed by atoms with E-state index in [4.69, 9.17) is 0 Å². The molecular formula is C19H17F2N3O2. The summed E-state index contributed by atoms with van der Waals surface area (Å²) in [5.41, 5.74) is 0.297. The first-order valence-electron chi connectivity index (χ1n) is 8.21. The van der Waals surface area contributed by atoms with E-state index in [-0.39, 0.29) is 12.1 Å². The Morgan fingerprint density at radius 3 is 2.65 bits per heavy atom. The van der Waals surface area contributed by atoms with E-state index in [0.29, 0.717) is 29.6 Å². The van der Waals surface area contributed by atoms with Gasteiger partial charge in [0.1, 0.15) is 17.0 Å². The number of benzene rings is 1. The number of nitrogens with one attached hydrogen (secondary N) is 1. The second-order valence-electron chi connectivity index (χ2n) is 5.79. The van der Waals surface area contributed by atoms with E-state index in [9.17, 15) is 18.4 Å². The SMILES string of the molecule is O=C(Nc1ccc(F)cc1)c1cc2cccnc2n(CCCCF)c1=O. The number of fused-ring (bicyclic) bond motifs is 1. The van der Waals surface area contributed by atoms with Gasteiger partial charge in [0.25, 0.3) is 11.5 Å². The Morgan fingerprint density at radius 1 is 1.15 bits per heavy atom. The van der Waals surface area contributed by atoms with Crippen LogP contribution in [0.2, 0.25) is 0 Å². The molecule has 1 N–H and O–H groups in total. The molecule has 0 aliphatic rings. The molecule has 3 rings (SSSR count). The van der Waals surface area contributed by atoms with Gasteiger partial charge < -0.3 is 5.32 Å². The zero-order valence-electron chi connectivity index (χ0n) is 13.9. The van der Waals surface area contributed by atoms with Crippen molar-refractivity contribution in [1.29, 1.82) is 0 Å². The van der Waals surface area contributed by atoms with Crippen LogP contribution in [0.15, 0.2) is 53.5 Å². The van der Waals surface area contributed by atoms with Crippen LogP contribution in [0.4, 0.5) is 14.5 Å². The number of carbonyl (C=O) groups excluding carboxylic acids is 1. The maximum atomic E-state index is 13.0. The van der Waals surface area contributed by atoms with Crippen molar-refractivity contribution >= 4 is 22.6 Å². The van der Waals surface area contributed by atoms with Crippen molar-refractivity contribution in [1.82, 2.24) is 9.55 Å². The fraction of sp³-hybridized carbons (Fsp3) is 0.211. The molecule has 0 aliphatic carbocycles. The van der Waals surface area contributed by atoms with Gasteiger partial charge in [-0.15, -0.1) is 0 Å². The standard InChI is InChI=1S/C19H17F2N3O2/c20-9-1-2-11-24-17-13(4-3-10-22-17)12-16(19(24)26)18(25)23-15-7-5-14(21)6-8-15/h3-8,10,12H,1-2,9,11H2,(H,23,25). The van der Waals surface area contributed by atoms with Crippen LogP contribution in [-0.4, -0.2) is 22.1 Å². The summed E-state index contributed by atoms with van der Waals surface area (Å²) in [6, 6.07) is 10.2. The summed E-state index contributed by atoms with van der Waals surface area (Å²) in [4.78, 5) is 29.5. The van der Waals surface area contributed by atoms with Crippen LogP contribution < -0.4 is 10.9 Å². The van der Waals surface area contributed by atoms with E-state index in [2.05, 4.69) is 10.3 Å². The Morgan fingerprint density at radius 2 is 1.92 bits per heavy atom. The van der Waals surface area contributed by atoms with E-state index in [1.54, 1.807) is 18.3 Å². The fourth-order valence-corrected chi connectivity index (χ4v) is 2.67. The summed E-state index contributed by atoms with van der Waals surface area (Å²) >= 11 is 0. The zero-order chi connectivity index (χ0) is 18.5. The van der Waals surface area contributed by atoms with Crippen LogP contribution in [0.3, 0.4) is 0 Å². The number of amides is 1. The molecule has 0 radical (unpaired) electrons. The third-order valence-electron chi connectivity index (χ3n) is 3.96. The molecule has 2 aromatic heterocycles. The molecule has 0 unspecified atom stereocenters. The van der Waals surface area contributed by atoms with E-state index in [1.807, 2.05) is 0 Å². The average molecular weight is 357 g/mol. The smallest absolute Gasteiger partial charge is 0.265 e. The summed E-state index contributed by atoms with van der Waals surface area (Å²) < 4.78 is 26.8. The van der Waals surface area contributed by atoms with Crippen molar-refractivity contribution < 1.29 is 13.6 Å². The quantitative estimate of drug-likeness (QED) is 0.687. The molecule has 0 atom stereocenters. The molecule has 0 saturated heterocycles. The van der Waals surface area contributed by atoms with Gasteiger partial charge in [-0.25, -0.2) is 9.37 Å². The molecule has 2 heterocycles. The minimum atomic E-state index is -0.591. The second-order valence-corrected chi connectivity index (χ2v) is 5.79. The van der Waals surface area contributed by atoms with Gasteiger partial charge in [-0.1, -0.05) is 0 Å². The maximum absolute atomic E-state index is 13.0. The minimum Gasteiger partial charge on any atom is -0.322 e. The van der Waals surface area contributed by atoms with Gasteiger partial charge in [-0.05, 0) is 55.3 Å². The lowest BCUT2D eigenvalue weighted by atomic mass is 10.1. The maximum Gasteiger partial charge on any atom is 0.265 e. The number of pyridine rings is 2. The molecule has 0 saturated carbocycles. The molecule has 1 aromatic carbocycles. The molecule has 0 aliphatic heterocycles. The largest absolute Gasteiger partial charge is 0.322 e. The van der Waals surface area contributed by atoms with Gasteiger partial charge >= 0.3 is 0 Å². The predicted molar refractivity (Wildman–Crippen MR) is 95.6 cm³/mol. The molecule has 0 bridgehead atoms. The van der Waals surface area contributed by atoms with Crippen LogP contribution >= 0.6 is 0 Å². The number of aromatic nitrogens is 2. The third-order valence-corrected chi connectivity index (χ3v) is 3.96. The molecule has 26 heavy (non-hydrogen) atoms. The number of unbranched alkanes of at least 4 members (excludes halogenated alkanes) is 1. The third kappa shape index (κ3) is 3.77. The highest BCUT2D eigenvalue weighted by molar-refractivity contribution is 6.05. The van der Waals surface area contributed by atoms with Crippen molar-refractivity contribution in [3.63, 3.8) is 0 Å². The first-order valence-corrected chi connectivity index (χ1v) is 8.21. The second kappa shape index (κ2) is 7.86. The Labute approximate surface area is 148 Å². The van der Waals surface area contributed by atoms with Gasteiger partial charge in [0, 0.05) is 23.8 Å². The lowest BCUT2D eigenvalue weighted by molar-refractivity contribution is 0.102. The molecule has 7 heteroatoms. The summed E-state index contributed by atoms with van der Waals surface area (Å²) in [6.45, 7) is -0.196. The highest BCUT2D eigenvalue weighted by Crippen LogP contribution is 2.14. The molecule has 1 amide bonds. The van der Waals surface area contributed by atoms with Crippen LogP contribution in [0.5, 0.6) is 0 Å². The highest BCUT2D eigenvalue weighted by Gasteiger charge is 2.16. The number of anilines is 1. The Kier molecular flexibility index (Phi) is 5.36. The van der Waals surface area contributed by atoms with Crippen molar-refractivity contribution in [3.05, 3.63) is 70.4 Å². The number of carbonyl (C=O) groups is 1. The average Bonchev–Trinajstić information content (AvgIpc) is 2.65. The number of hydrogen-bond acceptors (Lipinski definition) is 3. The lowest BCUT2D eigenvalue weighted by Gasteiger charge is -2.12. The van der Waals surface area contributed by atoms with E-state index in [0.717, 1.165) is 0 Å². The van der Waals surface area contributed by atoms with E-state index < -0.39 is 24.0 Å². The van der Waals surface area contributed by atoms with Crippen molar-refractivity contribution in [3.8, 4) is 0 Å². The van der Waals surface area contributed by atoms with Gasteiger partial charge in [-0.3, -0.25) is 18.5 Å². The first kappa shape index (κ1) is 17.7. The molecule has 0 fully saturated rings. The molecule has 3 aromatic rings. The fourth-order valence-electron chi connectivity index (χ4n) is 2.67. The zero-order valence-corrected chi connectivity index (χ0v) is 13.9. The molecule has 134 valence electrons. The van der Waals surface area contributed by atoms with Crippen molar-refractivity contribution in [2.24, 2.45) is 0 Å². The van der Waals surface area contributed by atoms with Crippen molar-refractivity contribution in [2.75, 3.05) is 12.0 Å². The summed E-state index contributed by atoms with van der Waals surface area (Å²) in [5.74, 6) is -1.01. The van der Waals surface area contributed by atoms with Crippen molar-refractivity contribution in [2.45, 2.75) is 19.4 Å². The normalized spacial score (nSPS) is 10.8.